The summed E-state index contributed by atoms with van der Waals surface area (Å²) in [6.07, 6.45) is -0.754. The number of allylic oxidation sites excluding steroid dienone is 2. The number of carbonyl (C=O) groups excluding carboxylic acids is 2. The molecule has 2 rings (SSSR count). The highest BCUT2D eigenvalue weighted by molar-refractivity contribution is 5.72. The van der Waals surface area contributed by atoms with Crippen molar-refractivity contribution >= 4 is 23.3 Å². The summed E-state index contributed by atoms with van der Waals surface area (Å²) in [6, 6.07) is 14.0. The SMILES string of the molecule is C=C(C)c1cccc(C(C)(C)NC(=O)OCN(C(=O)OC(C)C)C(C)(C)c2ccc(C(=C)C)cc2CC)c1. The van der Waals surface area contributed by atoms with E-state index in [1.54, 1.807) is 13.8 Å². The fraction of sp³-hybridized carbons (Fsp3) is 0.438. The molecule has 0 radical (unpaired) electrons. The van der Waals surface area contributed by atoms with Gasteiger partial charge in [-0.2, -0.15) is 0 Å². The molecular formula is C32H44N2O4. The van der Waals surface area contributed by atoms with Crippen LogP contribution in [0.3, 0.4) is 0 Å². The number of hydrogen-bond acceptors (Lipinski definition) is 4. The topological polar surface area (TPSA) is 67.9 Å². The number of nitrogens with zero attached hydrogens (tertiary/aromatic N) is 1. The van der Waals surface area contributed by atoms with Gasteiger partial charge in [0.2, 0.25) is 0 Å². The number of amides is 2. The van der Waals surface area contributed by atoms with Crippen molar-refractivity contribution < 1.29 is 19.1 Å². The van der Waals surface area contributed by atoms with Gasteiger partial charge >= 0.3 is 12.2 Å². The maximum Gasteiger partial charge on any atom is 0.413 e. The van der Waals surface area contributed by atoms with Crippen molar-refractivity contribution in [3.63, 3.8) is 0 Å². The third-order valence-electron chi connectivity index (χ3n) is 6.69. The molecule has 0 saturated carbocycles. The zero-order valence-corrected chi connectivity index (χ0v) is 24.5. The Kier molecular flexibility index (Phi) is 9.96. The van der Waals surface area contributed by atoms with Gasteiger partial charge in [-0.25, -0.2) is 9.59 Å². The molecule has 6 nitrogen and oxygen atoms in total. The highest BCUT2D eigenvalue weighted by Gasteiger charge is 2.37. The zero-order valence-electron chi connectivity index (χ0n) is 24.5. The van der Waals surface area contributed by atoms with Gasteiger partial charge < -0.3 is 14.8 Å². The van der Waals surface area contributed by atoms with Crippen LogP contribution in [-0.4, -0.2) is 29.9 Å². The van der Waals surface area contributed by atoms with Crippen molar-refractivity contribution in [2.24, 2.45) is 0 Å². The fourth-order valence-corrected chi connectivity index (χ4v) is 4.26. The monoisotopic (exact) mass is 520 g/mol. The van der Waals surface area contributed by atoms with E-state index in [-0.39, 0.29) is 12.8 Å². The first-order valence-electron chi connectivity index (χ1n) is 13.1. The normalized spacial score (nSPS) is 11.6. The smallest absolute Gasteiger partial charge is 0.413 e. The number of alkyl carbamates (subject to hydrolysis) is 1. The minimum absolute atomic E-state index is 0.280. The maximum atomic E-state index is 13.2. The predicted molar refractivity (Wildman–Crippen MR) is 156 cm³/mol. The number of rotatable bonds is 10. The number of carbonyl (C=O) groups is 2. The van der Waals surface area contributed by atoms with Crippen LogP contribution in [0.25, 0.3) is 11.1 Å². The van der Waals surface area contributed by atoms with E-state index < -0.39 is 23.3 Å². The molecule has 0 atom stereocenters. The van der Waals surface area contributed by atoms with Crippen LogP contribution >= 0.6 is 0 Å². The van der Waals surface area contributed by atoms with E-state index in [9.17, 15) is 9.59 Å². The van der Waals surface area contributed by atoms with Crippen LogP contribution in [0.15, 0.2) is 55.6 Å². The Morgan fingerprint density at radius 2 is 1.58 bits per heavy atom. The lowest BCUT2D eigenvalue weighted by Crippen LogP contribution is -2.50. The Labute approximate surface area is 228 Å². The molecular weight excluding hydrogens is 476 g/mol. The molecule has 6 heteroatoms. The summed E-state index contributed by atoms with van der Waals surface area (Å²) in [7, 11) is 0. The second-order valence-corrected chi connectivity index (χ2v) is 11.1. The van der Waals surface area contributed by atoms with Crippen LogP contribution in [0.5, 0.6) is 0 Å². The van der Waals surface area contributed by atoms with Gasteiger partial charge in [0.15, 0.2) is 6.73 Å². The Bertz CT molecular complexity index is 1190. The number of nitrogens with one attached hydrogen (secondary N) is 1. The Balaban J connectivity index is 2.32. The van der Waals surface area contributed by atoms with Gasteiger partial charge in [0, 0.05) is 0 Å². The van der Waals surface area contributed by atoms with Gasteiger partial charge in [-0.1, -0.05) is 67.6 Å². The largest absolute Gasteiger partial charge is 0.447 e. The molecule has 38 heavy (non-hydrogen) atoms. The first-order chi connectivity index (χ1) is 17.6. The average molecular weight is 521 g/mol. The molecule has 0 unspecified atom stereocenters. The van der Waals surface area contributed by atoms with Crippen molar-refractivity contribution in [2.45, 2.75) is 85.9 Å². The molecule has 206 valence electrons. The number of hydrogen-bond donors (Lipinski definition) is 1. The Hall–Kier alpha value is -3.54. The fourth-order valence-electron chi connectivity index (χ4n) is 4.26. The van der Waals surface area contributed by atoms with E-state index in [0.29, 0.717) is 0 Å². The van der Waals surface area contributed by atoms with E-state index in [4.69, 9.17) is 9.47 Å². The van der Waals surface area contributed by atoms with Crippen molar-refractivity contribution in [3.8, 4) is 0 Å². The van der Waals surface area contributed by atoms with Crippen LogP contribution in [0.4, 0.5) is 9.59 Å². The predicted octanol–water partition coefficient (Wildman–Crippen LogP) is 8.02. The summed E-state index contributed by atoms with van der Waals surface area (Å²) in [4.78, 5) is 27.7. The maximum absolute atomic E-state index is 13.2. The summed E-state index contributed by atoms with van der Waals surface area (Å²) < 4.78 is 11.2. The quantitative estimate of drug-likeness (QED) is 0.322. The van der Waals surface area contributed by atoms with E-state index in [0.717, 1.165) is 45.4 Å². The minimum atomic E-state index is -0.823. The first-order valence-corrected chi connectivity index (χ1v) is 13.1. The van der Waals surface area contributed by atoms with Crippen LogP contribution in [0.2, 0.25) is 0 Å². The molecule has 0 aliphatic heterocycles. The lowest BCUT2D eigenvalue weighted by atomic mass is 9.86. The third-order valence-corrected chi connectivity index (χ3v) is 6.69. The summed E-state index contributed by atoms with van der Waals surface area (Å²) in [6.45, 7) is 25.0. The molecule has 0 aliphatic rings. The van der Waals surface area contributed by atoms with E-state index in [1.807, 2.05) is 77.9 Å². The lowest BCUT2D eigenvalue weighted by Gasteiger charge is -2.39. The molecule has 0 heterocycles. The Morgan fingerprint density at radius 1 is 0.974 bits per heavy atom. The standard InChI is InChI=1S/C32H44N2O4/c1-12-24-18-26(22(4)5)16-17-28(24)32(10,11)34(30(36)38-23(6)7)20-37-29(35)33-31(8,9)27-15-13-14-25(19-27)21(2)3/h13-19,23H,2,4,12,20H2,1,3,5-11H3,(H,33,35). The molecule has 0 bridgehead atoms. The van der Waals surface area contributed by atoms with Gasteiger partial charge in [0.05, 0.1) is 17.2 Å². The van der Waals surface area contributed by atoms with Gasteiger partial charge in [0.1, 0.15) is 0 Å². The second-order valence-electron chi connectivity index (χ2n) is 11.1. The summed E-state index contributed by atoms with van der Waals surface area (Å²) in [5.74, 6) is 0. The zero-order chi connectivity index (χ0) is 28.8. The Morgan fingerprint density at radius 3 is 2.13 bits per heavy atom. The van der Waals surface area contributed by atoms with Crippen LogP contribution < -0.4 is 5.32 Å². The molecule has 0 saturated heterocycles. The molecule has 0 aliphatic carbocycles. The number of benzene rings is 2. The van der Waals surface area contributed by atoms with Crippen LogP contribution in [-0.2, 0) is 27.0 Å². The van der Waals surface area contributed by atoms with Crippen molar-refractivity contribution in [1.29, 1.82) is 0 Å². The van der Waals surface area contributed by atoms with Crippen LogP contribution in [0, 0.1) is 0 Å². The summed E-state index contributed by atoms with van der Waals surface area (Å²) in [5, 5.41) is 2.93. The van der Waals surface area contributed by atoms with Gasteiger partial charge in [-0.3, -0.25) is 4.90 Å². The van der Waals surface area contributed by atoms with Crippen LogP contribution in [0.1, 0.15) is 90.1 Å². The molecule has 2 aromatic carbocycles. The summed E-state index contributed by atoms with van der Waals surface area (Å²) in [5.41, 5.74) is 5.37. The molecule has 2 aromatic rings. The minimum Gasteiger partial charge on any atom is -0.447 e. The van der Waals surface area contributed by atoms with Gasteiger partial charge in [-0.05, 0) is 95.7 Å². The van der Waals surface area contributed by atoms with Gasteiger partial charge in [0.25, 0.3) is 0 Å². The van der Waals surface area contributed by atoms with Gasteiger partial charge in [-0.15, -0.1) is 0 Å². The highest BCUT2D eigenvalue weighted by atomic mass is 16.6. The second kappa shape index (κ2) is 12.3. The van der Waals surface area contributed by atoms with Crippen molar-refractivity contribution in [1.82, 2.24) is 10.2 Å². The lowest BCUT2D eigenvalue weighted by molar-refractivity contribution is -0.00864. The summed E-state index contributed by atoms with van der Waals surface area (Å²) >= 11 is 0. The van der Waals surface area contributed by atoms with E-state index >= 15 is 0 Å². The molecule has 2 amide bonds. The van der Waals surface area contributed by atoms with E-state index in [2.05, 4.69) is 31.5 Å². The molecule has 0 fully saturated rings. The number of ether oxygens (including phenoxy) is 2. The average Bonchev–Trinajstić information content (AvgIpc) is 2.82. The van der Waals surface area contributed by atoms with Crippen molar-refractivity contribution in [3.05, 3.63) is 83.4 Å². The molecule has 0 aromatic heterocycles. The number of aryl methyl sites for hydroxylation is 1. The van der Waals surface area contributed by atoms with Crippen molar-refractivity contribution in [2.75, 3.05) is 6.73 Å². The highest BCUT2D eigenvalue weighted by Crippen LogP contribution is 2.33. The van der Waals surface area contributed by atoms with E-state index in [1.165, 1.54) is 4.90 Å². The molecule has 1 N–H and O–H groups in total. The molecule has 0 spiro atoms. The first kappa shape index (κ1) is 30.7. The third kappa shape index (κ3) is 7.50.